The fraction of sp³-hybridized carbons (Fsp3) is 0.684. The van der Waals surface area contributed by atoms with Gasteiger partial charge in [-0.05, 0) is 33.6 Å². The van der Waals surface area contributed by atoms with Gasteiger partial charge in [0.25, 0.3) is 5.91 Å². The van der Waals surface area contributed by atoms with Crippen molar-refractivity contribution in [3.8, 4) is 5.88 Å². The fourth-order valence-electron chi connectivity index (χ4n) is 3.59. The van der Waals surface area contributed by atoms with E-state index in [-0.39, 0.29) is 18.0 Å². The molecule has 8 heteroatoms. The third-order valence-electron chi connectivity index (χ3n) is 5.09. The number of hydrogen-bond donors (Lipinski definition) is 0. The average molecular weight is 374 g/mol. The van der Waals surface area contributed by atoms with E-state index in [9.17, 15) is 9.59 Å². The third kappa shape index (κ3) is 3.99. The van der Waals surface area contributed by atoms with Crippen molar-refractivity contribution in [3.63, 3.8) is 0 Å². The Kier molecular flexibility index (Phi) is 4.44. The molecule has 3 heterocycles. The van der Waals surface area contributed by atoms with E-state index in [4.69, 9.17) is 9.47 Å². The molecule has 1 aromatic heterocycles. The van der Waals surface area contributed by atoms with Gasteiger partial charge in [0, 0.05) is 32.0 Å². The maximum atomic E-state index is 12.7. The second kappa shape index (κ2) is 6.65. The van der Waals surface area contributed by atoms with Gasteiger partial charge in [-0.2, -0.15) is 0 Å². The van der Waals surface area contributed by atoms with E-state index in [1.54, 1.807) is 22.2 Å². The Bertz CT molecular complexity index is 726. The number of rotatable bonds is 3. The smallest absolute Gasteiger partial charge is 0.410 e. The molecule has 0 radical (unpaired) electrons. The second-order valence-electron chi connectivity index (χ2n) is 8.51. The number of amides is 2. The molecule has 0 bridgehead atoms. The third-order valence-corrected chi connectivity index (χ3v) is 5.09. The summed E-state index contributed by atoms with van der Waals surface area (Å²) in [6.07, 6.45) is 5.30. The Morgan fingerprint density at radius 3 is 2.59 bits per heavy atom. The van der Waals surface area contributed by atoms with Crippen molar-refractivity contribution >= 4 is 12.0 Å². The molecule has 1 aliphatic carbocycles. The molecule has 2 amide bonds. The number of fused-ring (bicyclic) bond motifs is 1. The quantitative estimate of drug-likeness (QED) is 0.804. The molecule has 2 unspecified atom stereocenters. The lowest BCUT2D eigenvalue weighted by Gasteiger charge is -2.37. The molecule has 27 heavy (non-hydrogen) atoms. The molecule has 2 atom stereocenters. The summed E-state index contributed by atoms with van der Waals surface area (Å²) in [5.41, 5.74) is 0.460. The summed E-state index contributed by atoms with van der Waals surface area (Å²) in [5.74, 6) is 0.867. The highest BCUT2D eigenvalue weighted by atomic mass is 16.6. The van der Waals surface area contributed by atoms with E-state index >= 15 is 0 Å². The Morgan fingerprint density at radius 1 is 1.19 bits per heavy atom. The summed E-state index contributed by atoms with van der Waals surface area (Å²) in [4.78, 5) is 37.1. The predicted molar refractivity (Wildman–Crippen MR) is 96.3 cm³/mol. The van der Waals surface area contributed by atoms with Crippen LogP contribution >= 0.6 is 0 Å². The highest BCUT2D eigenvalue weighted by Gasteiger charge is 2.45. The van der Waals surface area contributed by atoms with Crippen molar-refractivity contribution in [2.24, 2.45) is 0 Å². The lowest BCUT2D eigenvalue weighted by Crippen LogP contribution is -2.54. The van der Waals surface area contributed by atoms with Crippen LogP contribution in [0.15, 0.2) is 12.4 Å². The van der Waals surface area contributed by atoms with Crippen LogP contribution in [0.3, 0.4) is 0 Å². The first-order valence-electron chi connectivity index (χ1n) is 9.57. The number of aromatic nitrogens is 2. The molecule has 3 fully saturated rings. The standard InChI is InChI=1S/C19H26N4O4/c1-19(2,3)27-18(25)22-6-7-23-13(11-22)8-15(17(23)24)26-16-10-20-14(9-21-16)12-4-5-12/h9-10,12-13,15H,4-8,11H2,1-3H3. The predicted octanol–water partition coefficient (Wildman–Crippen LogP) is 1.95. The molecule has 4 rings (SSSR count). The molecular formula is C19H26N4O4. The Hall–Kier alpha value is -2.38. The van der Waals surface area contributed by atoms with Gasteiger partial charge in [0.2, 0.25) is 5.88 Å². The summed E-state index contributed by atoms with van der Waals surface area (Å²) in [7, 11) is 0. The number of nitrogens with zero attached hydrogens (tertiary/aromatic N) is 4. The van der Waals surface area contributed by atoms with E-state index in [1.165, 1.54) is 12.8 Å². The van der Waals surface area contributed by atoms with Gasteiger partial charge in [0.05, 0.1) is 24.1 Å². The van der Waals surface area contributed by atoms with Gasteiger partial charge < -0.3 is 19.3 Å². The zero-order valence-electron chi connectivity index (χ0n) is 16.1. The second-order valence-corrected chi connectivity index (χ2v) is 8.51. The number of carbonyl (C=O) groups excluding carboxylic acids is 2. The van der Waals surface area contributed by atoms with E-state index in [0.717, 1.165) is 5.69 Å². The highest BCUT2D eigenvalue weighted by molar-refractivity contribution is 5.84. The Morgan fingerprint density at radius 2 is 1.96 bits per heavy atom. The number of carbonyl (C=O) groups is 2. The van der Waals surface area contributed by atoms with Crippen molar-refractivity contribution in [1.29, 1.82) is 0 Å². The van der Waals surface area contributed by atoms with Gasteiger partial charge >= 0.3 is 6.09 Å². The minimum atomic E-state index is -0.574. The maximum Gasteiger partial charge on any atom is 0.410 e. The summed E-state index contributed by atoms with van der Waals surface area (Å²) < 4.78 is 11.3. The van der Waals surface area contributed by atoms with Crippen LogP contribution in [0.5, 0.6) is 5.88 Å². The van der Waals surface area contributed by atoms with Crippen LogP contribution in [-0.4, -0.2) is 69.1 Å². The molecule has 1 aromatic rings. The van der Waals surface area contributed by atoms with Crippen molar-refractivity contribution in [2.75, 3.05) is 19.6 Å². The first-order valence-corrected chi connectivity index (χ1v) is 9.57. The largest absolute Gasteiger partial charge is 0.463 e. The first kappa shape index (κ1) is 18.0. The molecule has 0 aromatic carbocycles. The van der Waals surface area contributed by atoms with E-state index in [2.05, 4.69) is 9.97 Å². The van der Waals surface area contributed by atoms with Crippen LogP contribution in [-0.2, 0) is 9.53 Å². The maximum absolute atomic E-state index is 12.7. The minimum absolute atomic E-state index is 0.0445. The summed E-state index contributed by atoms with van der Waals surface area (Å²) in [6.45, 7) is 6.97. The van der Waals surface area contributed by atoms with Gasteiger partial charge in [-0.25, -0.2) is 9.78 Å². The Labute approximate surface area is 158 Å². The molecule has 2 aliphatic heterocycles. The molecule has 0 N–H and O–H groups in total. The summed E-state index contributed by atoms with van der Waals surface area (Å²) in [6, 6.07) is -0.0533. The minimum Gasteiger partial charge on any atom is -0.463 e. The van der Waals surface area contributed by atoms with Crippen LogP contribution in [0.25, 0.3) is 0 Å². The number of ether oxygens (including phenoxy) is 2. The topological polar surface area (TPSA) is 84.9 Å². The molecule has 1 saturated carbocycles. The average Bonchev–Trinajstić information content (AvgIpc) is 3.40. The zero-order chi connectivity index (χ0) is 19.2. The normalized spacial score (nSPS) is 25.4. The summed E-state index contributed by atoms with van der Waals surface area (Å²) in [5, 5.41) is 0. The van der Waals surface area contributed by atoms with Gasteiger partial charge in [-0.1, -0.05) is 0 Å². The van der Waals surface area contributed by atoms with E-state index in [1.807, 2.05) is 20.8 Å². The fourth-order valence-corrected chi connectivity index (χ4v) is 3.59. The lowest BCUT2D eigenvalue weighted by molar-refractivity contribution is -0.135. The lowest BCUT2D eigenvalue weighted by atomic mass is 10.1. The zero-order valence-corrected chi connectivity index (χ0v) is 16.1. The van der Waals surface area contributed by atoms with Crippen LogP contribution in [0.4, 0.5) is 4.79 Å². The highest BCUT2D eigenvalue weighted by Crippen LogP contribution is 2.38. The summed E-state index contributed by atoms with van der Waals surface area (Å²) >= 11 is 0. The Balaban J connectivity index is 1.36. The van der Waals surface area contributed by atoms with Crippen LogP contribution in [0.2, 0.25) is 0 Å². The molecular weight excluding hydrogens is 348 g/mol. The molecule has 146 valence electrons. The van der Waals surface area contributed by atoms with E-state index in [0.29, 0.717) is 37.9 Å². The number of hydrogen-bond acceptors (Lipinski definition) is 6. The monoisotopic (exact) mass is 374 g/mol. The molecule has 8 nitrogen and oxygen atoms in total. The van der Waals surface area contributed by atoms with Crippen molar-refractivity contribution < 1.29 is 19.1 Å². The van der Waals surface area contributed by atoms with Crippen LogP contribution in [0, 0.1) is 0 Å². The molecule has 2 saturated heterocycles. The van der Waals surface area contributed by atoms with Crippen molar-refractivity contribution in [2.45, 2.75) is 63.7 Å². The van der Waals surface area contributed by atoms with Crippen molar-refractivity contribution in [1.82, 2.24) is 19.8 Å². The SMILES string of the molecule is CC(C)(C)OC(=O)N1CCN2C(=O)C(Oc3cnc(C4CC4)cn3)CC2C1. The van der Waals surface area contributed by atoms with Crippen molar-refractivity contribution in [3.05, 3.63) is 18.1 Å². The first-order chi connectivity index (χ1) is 12.8. The van der Waals surface area contributed by atoms with Gasteiger partial charge in [-0.3, -0.25) is 9.78 Å². The van der Waals surface area contributed by atoms with Gasteiger partial charge in [0.15, 0.2) is 6.10 Å². The molecule has 3 aliphatic rings. The van der Waals surface area contributed by atoms with Gasteiger partial charge in [-0.15, -0.1) is 0 Å². The number of piperazine rings is 1. The van der Waals surface area contributed by atoms with Gasteiger partial charge in [0.1, 0.15) is 5.60 Å². The molecule has 0 spiro atoms. The van der Waals surface area contributed by atoms with E-state index < -0.39 is 11.7 Å². The van der Waals surface area contributed by atoms with Crippen LogP contribution in [0.1, 0.15) is 51.6 Å². The van der Waals surface area contributed by atoms with Crippen LogP contribution < -0.4 is 4.74 Å².